The van der Waals surface area contributed by atoms with E-state index in [4.69, 9.17) is 0 Å². The van der Waals surface area contributed by atoms with Crippen LogP contribution in [0.3, 0.4) is 0 Å². The molecule has 0 bridgehead atoms. The van der Waals surface area contributed by atoms with E-state index in [0.29, 0.717) is 6.54 Å². The Kier molecular flexibility index (Phi) is 4.50. The smallest absolute Gasteiger partial charge is 0.240 e. The molecule has 118 valence electrons. The first-order chi connectivity index (χ1) is 11.1. The second-order valence-corrected chi connectivity index (χ2v) is 6.68. The van der Waals surface area contributed by atoms with E-state index < -0.39 is 10.0 Å². The maximum atomic E-state index is 12.1. The summed E-state index contributed by atoms with van der Waals surface area (Å²) in [5.74, 6) is 0. The molecule has 3 aromatic rings. The summed E-state index contributed by atoms with van der Waals surface area (Å²) in [6.07, 6.45) is 5.25. The minimum absolute atomic E-state index is 0.262. The van der Waals surface area contributed by atoms with Crippen LogP contribution in [0.15, 0.2) is 72.0 Å². The SMILES string of the molecule is O=S(=O)(NCCn1ccc(-c2ccncc2)n1)c1ccccc1. The third-order valence-electron chi connectivity index (χ3n) is 3.30. The Balaban J connectivity index is 1.61. The van der Waals surface area contributed by atoms with Crippen LogP contribution in [0.25, 0.3) is 11.3 Å². The average Bonchev–Trinajstić information content (AvgIpc) is 3.05. The van der Waals surface area contributed by atoms with Crippen molar-refractivity contribution in [2.45, 2.75) is 11.4 Å². The molecule has 0 saturated heterocycles. The molecule has 7 heteroatoms. The van der Waals surface area contributed by atoms with E-state index in [0.717, 1.165) is 11.3 Å². The standard InChI is InChI=1S/C16H16N4O2S/c21-23(22,15-4-2-1-3-5-15)18-11-13-20-12-8-16(19-20)14-6-9-17-10-7-14/h1-10,12,18H,11,13H2. The van der Waals surface area contributed by atoms with Gasteiger partial charge in [-0.15, -0.1) is 0 Å². The van der Waals surface area contributed by atoms with Crippen LogP contribution >= 0.6 is 0 Å². The second kappa shape index (κ2) is 6.72. The van der Waals surface area contributed by atoms with Crippen LogP contribution in [0.2, 0.25) is 0 Å². The molecule has 23 heavy (non-hydrogen) atoms. The summed E-state index contributed by atoms with van der Waals surface area (Å²) in [5.41, 5.74) is 1.81. The molecule has 0 aliphatic carbocycles. The van der Waals surface area contributed by atoms with Crippen LogP contribution in [0.4, 0.5) is 0 Å². The lowest BCUT2D eigenvalue weighted by Gasteiger charge is -2.06. The fourth-order valence-corrected chi connectivity index (χ4v) is 3.18. The van der Waals surface area contributed by atoms with Gasteiger partial charge in [0.1, 0.15) is 0 Å². The van der Waals surface area contributed by atoms with Gasteiger partial charge in [-0.3, -0.25) is 9.67 Å². The molecule has 0 spiro atoms. The third kappa shape index (κ3) is 3.82. The fraction of sp³-hybridized carbons (Fsp3) is 0.125. The lowest BCUT2D eigenvalue weighted by atomic mass is 10.2. The first kappa shape index (κ1) is 15.4. The molecular formula is C16H16N4O2S. The Morgan fingerprint density at radius 3 is 2.48 bits per heavy atom. The van der Waals surface area contributed by atoms with Gasteiger partial charge in [0.05, 0.1) is 17.1 Å². The number of nitrogens with zero attached hydrogens (tertiary/aromatic N) is 3. The second-order valence-electron chi connectivity index (χ2n) is 4.91. The average molecular weight is 328 g/mol. The summed E-state index contributed by atoms with van der Waals surface area (Å²) in [6.45, 7) is 0.728. The molecule has 0 saturated carbocycles. The topological polar surface area (TPSA) is 76.9 Å². The summed E-state index contributed by atoms with van der Waals surface area (Å²) < 4.78 is 28.5. The summed E-state index contributed by atoms with van der Waals surface area (Å²) >= 11 is 0. The maximum Gasteiger partial charge on any atom is 0.240 e. The highest BCUT2D eigenvalue weighted by atomic mass is 32.2. The highest BCUT2D eigenvalue weighted by Gasteiger charge is 2.12. The molecule has 0 fully saturated rings. The molecule has 0 aliphatic heterocycles. The van der Waals surface area contributed by atoms with Crippen LogP contribution in [0.5, 0.6) is 0 Å². The molecule has 6 nitrogen and oxygen atoms in total. The molecule has 0 amide bonds. The molecule has 0 atom stereocenters. The van der Waals surface area contributed by atoms with Gasteiger partial charge in [-0.1, -0.05) is 18.2 Å². The van der Waals surface area contributed by atoms with Crippen molar-refractivity contribution in [3.8, 4) is 11.3 Å². The zero-order valence-electron chi connectivity index (χ0n) is 12.3. The van der Waals surface area contributed by atoms with E-state index in [1.165, 1.54) is 0 Å². The first-order valence-electron chi connectivity index (χ1n) is 7.14. The van der Waals surface area contributed by atoms with Crippen LogP contribution in [-0.4, -0.2) is 29.7 Å². The number of aromatic nitrogens is 3. The van der Waals surface area contributed by atoms with Gasteiger partial charge < -0.3 is 0 Å². The fourth-order valence-electron chi connectivity index (χ4n) is 2.14. The van der Waals surface area contributed by atoms with Crippen molar-refractivity contribution >= 4 is 10.0 Å². The number of benzene rings is 1. The molecule has 3 rings (SSSR count). The van der Waals surface area contributed by atoms with Crippen LogP contribution in [0, 0.1) is 0 Å². The van der Waals surface area contributed by atoms with Crippen molar-refractivity contribution in [1.82, 2.24) is 19.5 Å². The minimum atomic E-state index is -3.48. The van der Waals surface area contributed by atoms with E-state index in [9.17, 15) is 8.42 Å². The monoisotopic (exact) mass is 328 g/mol. The zero-order valence-corrected chi connectivity index (χ0v) is 13.1. The van der Waals surface area contributed by atoms with Gasteiger partial charge in [-0.2, -0.15) is 5.10 Å². The molecule has 0 radical (unpaired) electrons. The molecule has 2 aromatic heterocycles. The number of rotatable bonds is 6. The van der Waals surface area contributed by atoms with Gasteiger partial charge >= 0.3 is 0 Å². The van der Waals surface area contributed by atoms with E-state index in [1.807, 2.05) is 24.4 Å². The summed E-state index contributed by atoms with van der Waals surface area (Å²) in [4.78, 5) is 4.23. The summed E-state index contributed by atoms with van der Waals surface area (Å²) in [5, 5.41) is 4.43. The summed E-state index contributed by atoms with van der Waals surface area (Å²) in [6, 6.07) is 14.0. The van der Waals surface area contributed by atoms with Gasteiger partial charge in [0.15, 0.2) is 0 Å². The van der Waals surface area contributed by atoms with Crippen LogP contribution < -0.4 is 4.72 Å². The molecule has 0 aliphatic rings. The number of sulfonamides is 1. The van der Waals surface area contributed by atoms with Crippen LogP contribution in [0.1, 0.15) is 0 Å². The lowest BCUT2D eigenvalue weighted by Crippen LogP contribution is -2.27. The predicted octanol–water partition coefficient (Wildman–Crippen LogP) is 1.92. The first-order valence-corrected chi connectivity index (χ1v) is 8.62. The van der Waals surface area contributed by atoms with E-state index in [-0.39, 0.29) is 11.4 Å². The Labute approximate surface area is 134 Å². The van der Waals surface area contributed by atoms with Gasteiger partial charge in [-0.05, 0) is 30.3 Å². The Morgan fingerprint density at radius 2 is 1.74 bits per heavy atom. The van der Waals surface area contributed by atoms with Gasteiger partial charge in [-0.25, -0.2) is 13.1 Å². The third-order valence-corrected chi connectivity index (χ3v) is 4.78. The normalized spacial score (nSPS) is 11.5. The van der Waals surface area contributed by atoms with Gasteiger partial charge in [0, 0.05) is 30.7 Å². The van der Waals surface area contributed by atoms with Crippen molar-refractivity contribution in [2.24, 2.45) is 0 Å². The Hall–Kier alpha value is -2.51. The van der Waals surface area contributed by atoms with E-state index in [2.05, 4.69) is 14.8 Å². The zero-order chi connectivity index (χ0) is 16.1. The minimum Gasteiger partial charge on any atom is -0.271 e. The highest BCUT2D eigenvalue weighted by molar-refractivity contribution is 7.89. The van der Waals surface area contributed by atoms with Gasteiger partial charge in [0.2, 0.25) is 10.0 Å². The Bertz CT molecular complexity index is 861. The molecule has 1 N–H and O–H groups in total. The van der Waals surface area contributed by atoms with Crippen molar-refractivity contribution in [2.75, 3.05) is 6.54 Å². The molecule has 1 aromatic carbocycles. The van der Waals surface area contributed by atoms with Crippen molar-refractivity contribution in [3.63, 3.8) is 0 Å². The van der Waals surface area contributed by atoms with Crippen molar-refractivity contribution in [3.05, 3.63) is 67.1 Å². The van der Waals surface area contributed by atoms with Crippen LogP contribution in [-0.2, 0) is 16.6 Å². The number of hydrogen-bond acceptors (Lipinski definition) is 4. The van der Waals surface area contributed by atoms with E-state index in [1.54, 1.807) is 47.4 Å². The predicted molar refractivity (Wildman–Crippen MR) is 87.1 cm³/mol. The lowest BCUT2D eigenvalue weighted by molar-refractivity contribution is 0.561. The van der Waals surface area contributed by atoms with E-state index >= 15 is 0 Å². The summed E-state index contributed by atoms with van der Waals surface area (Å²) in [7, 11) is -3.48. The largest absolute Gasteiger partial charge is 0.271 e. The number of pyridine rings is 1. The molecular weight excluding hydrogens is 312 g/mol. The number of nitrogens with one attached hydrogen (secondary N) is 1. The Morgan fingerprint density at radius 1 is 1.00 bits per heavy atom. The van der Waals surface area contributed by atoms with Crippen molar-refractivity contribution < 1.29 is 8.42 Å². The number of hydrogen-bond donors (Lipinski definition) is 1. The quantitative estimate of drug-likeness (QED) is 0.750. The molecule has 0 unspecified atom stereocenters. The highest BCUT2D eigenvalue weighted by Crippen LogP contribution is 2.14. The molecule has 2 heterocycles. The van der Waals surface area contributed by atoms with Gasteiger partial charge in [0.25, 0.3) is 0 Å². The van der Waals surface area contributed by atoms with Crippen molar-refractivity contribution in [1.29, 1.82) is 0 Å². The maximum absolute atomic E-state index is 12.1.